The highest BCUT2D eigenvalue weighted by molar-refractivity contribution is 14.1. The van der Waals surface area contributed by atoms with E-state index in [9.17, 15) is 18.0 Å². The molecule has 5 nitrogen and oxygen atoms in total. The van der Waals surface area contributed by atoms with Crippen molar-refractivity contribution in [3.63, 3.8) is 0 Å². The Morgan fingerprint density at radius 1 is 1.27 bits per heavy atom. The van der Waals surface area contributed by atoms with E-state index in [0.29, 0.717) is 20.4 Å². The zero-order valence-corrected chi connectivity index (χ0v) is 16.0. The molecule has 0 saturated carbocycles. The van der Waals surface area contributed by atoms with Crippen LogP contribution < -0.4 is 5.73 Å². The molecule has 9 heteroatoms. The largest absolute Gasteiger partial charge is 0.435 e. The lowest BCUT2D eigenvalue weighted by Crippen LogP contribution is -2.15. The molecular formula is C17H14F3IN4O. The summed E-state index contributed by atoms with van der Waals surface area (Å²) in [5.74, 6) is -0.635. The second kappa shape index (κ2) is 6.53. The van der Waals surface area contributed by atoms with Crippen LogP contribution in [0, 0.1) is 3.57 Å². The van der Waals surface area contributed by atoms with E-state index in [2.05, 4.69) is 10.1 Å². The van der Waals surface area contributed by atoms with E-state index in [1.807, 2.05) is 36.4 Å². The molecule has 0 radical (unpaired) electrons. The van der Waals surface area contributed by atoms with Gasteiger partial charge in [0, 0.05) is 15.3 Å². The molecule has 26 heavy (non-hydrogen) atoms. The molecule has 0 aliphatic rings. The van der Waals surface area contributed by atoms with E-state index >= 15 is 0 Å². The molecule has 0 aliphatic carbocycles. The first kappa shape index (κ1) is 18.6. The van der Waals surface area contributed by atoms with Gasteiger partial charge in [-0.3, -0.25) is 4.79 Å². The Kier molecular flexibility index (Phi) is 4.67. The summed E-state index contributed by atoms with van der Waals surface area (Å²) in [6.07, 6.45) is -3.18. The van der Waals surface area contributed by atoms with E-state index in [-0.39, 0.29) is 17.0 Å². The molecule has 3 rings (SSSR count). The minimum atomic E-state index is -4.61. The van der Waals surface area contributed by atoms with Gasteiger partial charge >= 0.3 is 6.18 Å². The van der Waals surface area contributed by atoms with Crippen molar-refractivity contribution in [2.75, 3.05) is 0 Å². The van der Waals surface area contributed by atoms with Gasteiger partial charge < -0.3 is 5.73 Å². The van der Waals surface area contributed by atoms with Gasteiger partial charge in [0.1, 0.15) is 0 Å². The minimum Gasteiger partial charge on any atom is -0.366 e. The SMILES string of the molecule is CC(C)c1cc(-n2nc(C(F)(F)F)c3c(I)ccnc32)ccc1C(N)=O. The highest BCUT2D eigenvalue weighted by Gasteiger charge is 2.38. The van der Waals surface area contributed by atoms with Gasteiger partial charge in [0.25, 0.3) is 0 Å². The third-order valence-corrected chi connectivity index (χ3v) is 4.85. The Bertz CT molecular complexity index is 1010. The lowest BCUT2D eigenvalue weighted by atomic mass is 9.96. The van der Waals surface area contributed by atoms with E-state index in [0.717, 1.165) is 4.68 Å². The molecule has 1 aromatic carbocycles. The van der Waals surface area contributed by atoms with Crippen molar-refractivity contribution >= 4 is 39.5 Å². The van der Waals surface area contributed by atoms with Crippen LogP contribution in [0.1, 0.15) is 41.4 Å². The number of pyridine rings is 1. The lowest BCUT2D eigenvalue weighted by Gasteiger charge is -2.13. The molecule has 0 unspecified atom stereocenters. The normalized spacial score (nSPS) is 12.1. The quantitative estimate of drug-likeness (QED) is 0.577. The number of fused-ring (bicyclic) bond motifs is 1. The molecule has 0 bridgehead atoms. The summed E-state index contributed by atoms with van der Waals surface area (Å²) in [4.78, 5) is 15.7. The molecule has 0 saturated heterocycles. The molecule has 3 aromatic rings. The molecular weight excluding hydrogens is 460 g/mol. The van der Waals surface area contributed by atoms with Crippen LogP contribution in [-0.2, 0) is 6.18 Å². The number of carbonyl (C=O) groups excluding carboxylic acids is 1. The number of hydrogen-bond acceptors (Lipinski definition) is 3. The van der Waals surface area contributed by atoms with Crippen molar-refractivity contribution in [2.45, 2.75) is 25.9 Å². The third-order valence-electron chi connectivity index (χ3n) is 3.95. The summed E-state index contributed by atoms with van der Waals surface area (Å²) in [6, 6.07) is 6.14. The zero-order valence-electron chi connectivity index (χ0n) is 13.8. The van der Waals surface area contributed by atoms with Crippen molar-refractivity contribution in [1.29, 1.82) is 0 Å². The molecule has 0 atom stereocenters. The molecule has 0 fully saturated rings. The monoisotopic (exact) mass is 474 g/mol. The number of amides is 1. The lowest BCUT2D eigenvalue weighted by molar-refractivity contribution is -0.140. The first-order valence-corrected chi connectivity index (χ1v) is 8.73. The van der Waals surface area contributed by atoms with Gasteiger partial charge in [0.05, 0.1) is 11.1 Å². The number of alkyl halides is 3. The average Bonchev–Trinajstić information content (AvgIpc) is 2.95. The number of halogens is 4. The van der Waals surface area contributed by atoms with Crippen LogP contribution in [0.3, 0.4) is 0 Å². The van der Waals surface area contributed by atoms with Crippen LogP contribution in [-0.4, -0.2) is 20.7 Å². The number of benzene rings is 1. The Balaban J connectivity index is 2.32. The molecule has 2 heterocycles. The van der Waals surface area contributed by atoms with Gasteiger partial charge in [-0.1, -0.05) is 13.8 Å². The van der Waals surface area contributed by atoms with Gasteiger partial charge in [-0.05, 0) is 58.3 Å². The molecule has 0 spiro atoms. The fourth-order valence-corrected chi connectivity index (χ4v) is 3.42. The van der Waals surface area contributed by atoms with Crippen LogP contribution in [0.5, 0.6) is 0 Å². The van der Waals surface area contributed by atoms with Gasteiger partial charge in [-0.15, -0.1) is 0 Å². The molecule has 136 valence electrons. The number of primary amides is 1. The summed E-state index contributed by atoms with van der Waals surface area (Å²) in [5.41, 5.74) is 5.85. The minimum absolute atomic E-state index is 0.0468. The number of nitrogens with two attached hydrogens (primary N) is 1. The maximum Gasteiger partial charge on any atom is 0.435 e. The van der Waals surface area contributed by atoms with E-state index in [4.69, 9.17) is 5.73 Å². The van der Waals surface area contributed by atoms with Crippen molar-refractivity contribution in [3.8, 4) is 5.69 Å². The number of carbonyl (C=O) groups is 1. The smallest absolute Gasteiger partial charge is 0.366 e. The Labute approximate surface area is 160 Å². The van der Waals surface area contributed by atoms with E-state index in [1.165, 1.54) is 24.4 Å². The number of rotatable bonds is 3. The van der Waals surface area contributed by atoms with Gasteiger partial charge in [0.15, 0.2) is 11.3 Å². The number of aromatic nitrogens is 3. The summed E-state index contributed by atoms with van der Waals surface area (Å²) >= 11 is 1.83. The highest BCUT2D eigenvalue weighted by atomic mass is 127. The second-order valence-corrected chi connectivity index (χ2v) is 7.20. The van der Waals surface area contributed by atoms with Crippen LogP contribution in [0.25, 0.3) is 16.7 Å². The van der Waals surface area contributed by atoms with Crippen LogP contribution >= 0.6 is 22.6 Å². The molecule has 1 amide bonds. The van der Waals surface area contributed by atoms with Crippen molar-refractivity contribution in [1.82, 2.24) is 14.8 Å². The first-order valence-electron chi connectivity index (χ1n) is 7.65. The molecule has 0 aliphatic heterocycles. The van der Waals surface area contributed by atoms with Crippen molar-refractivity contribution in [2.24, 2.45) is 5.73 Å². The fraction of sp³-hybridized carbons (Fsp3) is 0.235. The van der Waals surface area contributed by atoms with Crippen LogP contribution in [0.15, 0.2) is 30.5 Å². The Morgan fingerprint density at radius 2 is 1.96 bits per heavy atom. The molecule has 2 aromatic heterocycles. The second-order valence-electron chi connectivity index (χ2n) is 6.04. The van der Waals surface area contributed by atoms with Gasteiger partial charge in [-0.2, -0.15) is 18.3 Å². The maximum atomic E-state index is 13.4. The van der Waals surface area contributed by atoms with Crippen molar-refractivity contribution in [3.05, 3.63) is 50.9 Å². The fourth-order valence-electron chi connectivity index (χ4n) is 2.77. The van der Waals surface area contributed by atoms with E-state index < -0.39 is 17.8 Å². The van der Waals surface area contributed by atoms with Gasteiger partial charge in [0.2, 0.25) is 5.91 Å². The highest BCUT2D eigenvalue weighted by Crippen LogP contribution is 2.36. The van der Waals surface area contributed by atoms with E-state index in [1.54, 1.807) is 6.07 Å². The predicted molar refractivity (Wildman–Crippen MR) is 99.2 cm³/mol. The Morgan fingerprint density at radius 3 is 2.54 bits per heavy atom. The van der Waals surface area contributed by atoms with Crippen molar-refractivity contribution < 1.29 is 18.0 Å². The van der Waals surface area contributed by atoms with Gasteiger partial charge in [-0.25, -0.2) is 9.67 Å². The Hall–Kier alpha value is -2.17. The average molecular weight is 474 g/mol. The predicted octanol–water partition coefficient (Wildman–Crippen LogP) is 4.27. The van der Waals surface area contributed by atoms with Crippen LogP contribution in [0.4, 0.5) is 13.2 Å². The summed E-state index contributed by atoms with van der Waals surface area (Å²) in [7, 11) is 0. The topological polar surface area (TPSA) is 73.8 Å². The number of nitrogens with zero attached hydrogens (tertiary/aromatic N) is 3. The summed E-state index contributed by atoms with van der Waals surface area (Å²) in [5, 5.41) is 3.72. The zero-order chi connectivity index (χ0) is 19.2. The third kappa shape index (κ3) is 3.15. The van der Waals surface area contributed by atoms with Crippen LogP contribution in [0.2, 0.25) is 0 Å². The first-order chi connectivity index (χ1) is 12.1. The number of hydrogen-bond donors (Lipinski definition) is 1. The summed E-state index contributed by atoms with van der Waals surface area (Å²) < 4.78 is 41.9. The molecule has 2 N–H and O–H groups in total. The maximum absolute atomic E-state index is 13.4. The standard InChI is InChI=1S/C17H14F3IN4O/c1-8(2)11-7-9(3-4-10(11)15(22)26)25-16-13(12(21)5-6-23-16)14(24-25)17(18,19)20/h3-8H,1-2H3,(H2,22,26). The summed E-state index contributed by atoms with van der Waals surface area (Å²) in [6.45, 7) is 3.74.